The van der Waals surface area contributed by atoms with E-state index in [4.69, 9.17) is 10.00 Å². The first-order valence-corrected chi connectivity index (χ1v) is 6.92. The van der Waals surface area contributed by atoms with E-state index in [0.29, 0.717) is 19.6 Å². The summed E-state index contributed by atoms with van der Waals surface area (Å²) in [5.41, 5.74) is 0.488. The largest absolute Gasteiger partial charge is 0.385 e. The van der Waals surface area contributed by atoms with Gasteiger partial charge in [0.05, 0.1) is 5.56 Å². The van der Waals surface area contributed by atoms with Gasteiger partial charge in [0.1, 0.15) is 11.8 Å². The van der Waals surface area contributed by atoms with Crippen molar-refractivity contribution in [2.24, 2.45) is 0 Å². The SMILES string of the molecule is COCCCNC(=O)c1c(C#N)ccn1-c1ccc(F)c(F)c1. The monoisotopic (exact) mass is 319 g/mol. The van der Waals surface area contributed by atoms with Gasteiger partial charge in [-0.3, -0.25) is 4.79 Å². The Morgan fingerprint density at radius 2 is 2.13 bits per heavy atom. The number of methoxy groups -OCH3 is 1. The molecule has 7 heteroatoms. The van der Waals surface area contributed by atoms with Gasteiger partial charge in [-0.25, -0.2) is 8.78 Å². The fraction of sp³-hybridized carbons (Fsp3) is 0.250. The summed E-state index contributed by atoms with van der Waals surface area (Å²) < 4.78 is 32.7. The second-order valence-corrected chi connectivity index (χ2v) is 4.76. The molecule has 0 unspecified atom stereocenters. The summed E-state index contributed by atoms with van der Waals surface area (Å²) in [7, 11) is 1.56. The van der Waals surface area contributed by atoms with Crippen molar-refractivity contribution in [3.63, 3.8) is 0 Å². The molecule has 0 fully saturated rings. The van der Waals surface area contributed by atoms with Gasteiger partial charge in [-0.2, -0.15) is 5.26 Å². The Bertz CT molecular complexity index is 750. The molecule has 120 valence electrons. The van der Waals surface area contributed by atoms with Crippen LogP contribution >= 0.6 is 0 Å². The molecule has 1 heterocycles. The quantitative estimate of drug-likeness (QED) is 0.831. The van der Waals surface area contributed by atoms with Gasteiger partial charge < -0.3 is 14.6 Å². The molecular weight excluding hydrogens is 304 g/mol. The Morgan fingerprint density at radius 3 is 2.78 bits per heavy atom. The topological polar surface area (TPSA) is 67.0 Å². The number of ether oxygens (including phenoxy) is 1. The number of nitriles is 1. The van der Waals surface area contributed by atoms with Gasteiger partial charge in [-0.05, 0) is 24.6 Å². The van der Waals surface area contributed by atoms with Crippen molar-refractivity contribution in [1.82, 2.24) is 9.88 Å². The second kappa shape index (κ2) is 7.51. The lowest BCUT2D eigenvalue weighted by atomic mass is 10.2. The summed E-state index contributed by atoms with van der Waals surface area (Å²) in [4.78, 5) is 12.3. The normalized spacial score (nSPS) is 10.3. The number of nitrogens with zero attached hydrogens (tertiary/aromatic N) is 2. The lowest BCUT2D eigenvalue weighted by molar-refractivity contribution is 0.0941. The summed E-state index contributed by atoms with van der Waals surface area (Å²) >= 11 is 0. The molecule has 5 nitrogen and oxygen atoms in total. The van der Waals surface area contributed by atoms with Gasteiger partial charge in [0.2, 0.25) is 0 Å². The summed E-state index contributed by atoms with van der Waals surface area (Å²) in [6, 6.07) is 6.64. The van der Waals surface area contributed by atoms with Crippen LogP contribution in [-0.2, 0) is 4.74 Å². The van der Waals surface area contributed by atoms with E-state index in [-0.39, 0.29) is 16.9 Å². The highest BCUT2D eigenvalue weighted by molar-refractivity contribution is 5.95. The molecule has 1 N–H and O–H groups in total. The van der Waals surface area contributed by atoms with Crippen molar-refractivity contribution >= 4 is 5.91 Å². The van der Waals surface area contributed by atoms with Crippen LogP contribution in [0, 0.1) is 23.0 Å². The average Bonchev–Trinajstić information content (AvgIpc) is 2.98. The fourth-order valence-corrected chi connectivity index (χ4v) is 2.11. The maximum Gasteiger partial charge on any atom is 0.269 e. The first kappa shape index (κ1) is 16.6. The highest BCUT2D eigenvalue weighted by Crippen LogP contribution is 2.19. The van der Waals surface area contributed by atoms with Crippen LogP contribution in [-0.4, -0.2) is 30.7 Å². The van der Waals surface area contributed by atoms with Gasteiger partial charge in [0, 0.05) is 38.2 Å². The van der Waals surface area contributed by atoms with E-state index in [1.54, 1.807) is 7.11 Å². The number of halogens is 2. The van der Waals surface area contributed by atoms with Crippen molar-refractivity contribution in [3.8, 4) is 11.8 Å². The van der Waals surface area contributed by atoms with Gasteiger partial charge in [-0.1, -0.05) is 0 Å². The number of carbonyl (C=O) groups is 1. The molecule has 2 rings (SSSR count). The van der Waals surface area contributed by atoms with Crippen LogP contribution in [0.2, 0.25) is 0 Å². The van der Waals surface area contributed by atoms with Crippen LogP contribution < -0.4 is 5.32 Å². The summed E-state index contributed by atoms with van der Waals surface area (Å²) in [5.74, 6) is -2.47. The number of carbonyl (C=O) groups excluding carboxylic acids is 1. The van der Waals surface area contributed by atoms with E-state index in [9.17, 15) is 13.6 Å². The first-order chi connectivity index (χ1) is 11.1. The highest BCUT2D eigenvalue weighted by Gasteiger charge is 2.18. The van der Waals surface area contributed by atoms with E-state index in [1.807, 2.05) is 6.07 Å². The smallest absolute Gasteiger partial charge is 0.269 e. The van der Waals surface area contributed by atoms with Crippen molar-refractivity contribution in [2.75, 3.05) is 20.3 Å². The maximum absolute atomic E-state index is 13.4. The van der Waals surface area contributed by atoms with Crippen LogP contribution in [0.4, 0.5) is 8.78 Å². The molecule has 0 aliphatic heterocycles. The third-order valence-electron chi connectivity index (χ3n) is 3.21. The third kappa shape index (κ3) is 3.73. The van der Waals surface area contributed by atoms with Crippen LogP contribution in [0.1, 0.15) is 22.5 Å². The molecule has 1 aromatic carbocycles. The average molecular weight is 319 g/mol. The van der Waals surface area contributed by atoms with E-state index in [1.165, 1.54) is 22.9 Å². The Labute approximate surface area is 132 Å². The zero-order valence-electron chi connectivity index (χ0n) is 12.5. The van der Waals surface area contributed by atoms with Gasteiger partial charge in [0.15, 0.2) is 11.6 Å². The number of hydrogen-bond acceptors (Lipinski definition) is 3. The van der Waals surface area contributed by atoms with Gasteiger partial charge in [-0.15, -0.1) is 0 Å². The minimum atomic E-state index is -1.03. The zero-order chi connectivity index (χ0) is 16.8. The Morgan fingerprint density at radius 1 is 1.35 bits per heavy atom. The molecule has 0 spiro atoms. The predicted octanol–water partition coefficient (Wildman–Crippen LogP) is 2.39. The lowest BCUT2D eigenvalue weighted by Crippen LogP contribution is -2.28. The molecule has 2 aromatic rings. The third-order valence-corrected chi connectivity index (χ3v) is 3.21. The molecule has 1 amide bonds. The fourth-order valence-electron chi connectivity index (χ4n) is 2.11. The number of aromatic nitrogens is 1. The molecule has 0 aliphatic carbocycles. The zero-order valence-corrected chi connectivity index (χ0v) is 12.5. The van der Waals surface area contributed by atoms with Gasteiger partial charge in [0.25, 0.3) is 5.91 Å². The standard InChI is InChI=1S/C16H15F2N3O2/c1-23-8-2-6-20-16(22)15-11(10-19)5-7-21(15)12-3-4-13(17)14(18)9-12/h3-5,7,9H,2,6,8H2,1H3,(H,20,22). The minimum Gasteiger partial charge on any atom is -0.385 e. The number of benzene rings is 1. The summed E-state index contributed by atoms with van der Waals surface area (Å²) in [6.07, 6.45) is 2.09. The molecule has 0 aliphatic rings. The van der Waals surface area contributed by atoms with E-state index < -0.39 is 17.5 Å². The van der Waals surface area contributed by atoms with Crippen LogP contribution in [0.3, 0.4) is 0 Å². The second-order valence-electron chi connectivity index (χ2n) is 4.76. The Kier molecular flexibility index (Phi) is 5.44. The molecule has 0 atom stereocenters. The summed E-state index contributed by atoms with van der Waals surface area (Å²) in [6.45, 7) is 0.871. The van der Waals surface area contributed by atoms with Crippen LogP contribution in [0.5, 0.6) is 0 Å². The van der Waals surface area contributed by atoms with E-state index in [2.05, 4.69) is 5.32 Å². The molecule has 1 aromatic heterocycles. The summed E-state index contributed by atoms with van der Waals surface area (Å²) in [5, 5.41) is 11.8. The van der Waals surface area contributed by atoms with Crippen molar-refractivity contribution in [2.45, 2.75) is 6.42 Å². The molecular formula is C16H15F2N3O2. The minimum absolute atomic E-state index is 0.0796. The first-order valence-electron chi connectivity index (χ1n) is 6.92. The number of nitrogens with one attached hydrogen (secondary N) is 1. The molecule has 0 bridgehead atoms. The Hall–Kier alpha value is -2.72. The van der Waals surface area contributed by atoms with Crippen molar-refractivity contribution in [3.05, 3.63) is 53.4 Å². The predicted molar refractivity (Wildman–Crippen MR) is 79.2 cm³/mol. The molecule has 23 heavy (non-hydrogen) atoms. The van der Waals surface area contributed by atoms with Gasteiger partial charge >= 0.3 is 0 Å². The molecule has 0 saturated heterocycles. The Balaban J connectivity index is 2.31. The maximum atomic E-state index is 13.4. The van der Waals surface area contributed by atoms with Crippen molar-refractivity contribution in [1.29, 1.82) is 5.26 Å². The highest BCUT2D eigenvalue weighted by atomic mass is 19.2. The van der Waals surface area contributed by atoms with Crippen LogP contribution in [0.15, 0.2) is 30.5 Å². The van der Waals surface area contributed by atoms with Crippen molar-refractivity contribution < 1.29 is 18.3 Å². The number of hydrogen-bond donors (Lipinski definition) is 1. The van der Waals surface area contributed by atoms with Crippen LogP contribution in [0.25, 0.3) is 5.69 Å². The number of amides is 1. The lowest BCUT2D eigenvalue weighted by Gasteiger charge is -2.11. The molecule has 0 radical (unpaired) electrons. The molecule has 0 saturated carbocycles. The van der Waals surface area contributed by atoms with E-state index >= 15 is 0 Å². The van der Waals surface area contributed by atoms with E-state index in [0.717, 1.165) is 12.1 Å². The number of rotatable bonds is 6.